The molecule has 0 aliphatic carbocycles. The van der Waals surface area contributed by atoms with Crippen LogP contribution in [0.2, 0.25) is 0 Å². The van der Waals surface area contributed by atoms with E-state index in [-0.39, 0.29) is 30.6 Å². The highest BCUT2D eigenvalue weighted by molar-refractivity contribution is 5.85. The molecule has 0 saturated heterocycles. The minimum atomic E-state index is 0. The van der Waals surface area contributed by atoms with Gasteiger partial charge in [0.2, 0.25) is 0 Å². The lowest BCUT2D eigenvalue weighted by molar-refractivity contribution is 1.42. The summed E-state index contributed by atoms with van der Waals surface area (Å²) in [5, 5.41) is 6.28. The maximum Gasteiger partial charge on any atom is 0.0873 e. The highest BCUT2D eigenvalue weighted by atomic mass is 35.5. The van der Waals surface area contributed by atoms with Gasteiger partial charge in [0.1, 0.15) is 0 Å². The zero-order valence-electron chi connectivity index (χ0n) is 3.39. The van der Waals surface area contributed by atoms with Crippen molar-refractivity contribution < 1.29 is 0 Å². The molecule has 4 heteroatoms. The summed E-state index contributed by atoms with van der Waals surface area (Å²) in [6.07, 6.45) is 0. The van der Waals surface area contributed by atoms with Gasteiger partial charge in [-0.15, -0.1) is 24.8 Å². The second-order valence-corrected chi connectivity index (χ2v) is 0.683. The molecule has 40 valence electrons. The minimum Gasteiger partial charge on any atom is -0.388 e. The van der Waals surface area contributed by atoms with E-state index in [4.69, 9.17) is 11.1 Å². The Hall–Kier alpha value is 0.0500. The number of nitrogens with one attached hydrogen (secondary N) is 1. The third-order valence-electron chi connectivity index (χ3n) is 0. The Bertz CT molecular complexity index is 32.5. The van der Waals surface area contributed by atoms with Gasteiger partial charge >= 0.3 is 0 Å². The molecular weight excluding hydrogens is 123 g/mol. The molecule has 0 spiro atoms. The predicted molar refractivity (Wildman–Crippen MR) is 32.1 cm³/mol. The van der Waals surface area contributed by atoms with Crippen LogP contribution in [0, 0.1) is 5.41 Å². The molecule has 0 heterocycles. The van der Waals surface area contributed by atoms with Crippen LogP contribution in [0.4, 0.5) is 0 Å². The number of amidine groups is 1. The summed E-state index contributed by atoms with van der Waals surface area (Å²) >= 11 is 0. The number of hydrogen-bond donors (Lipinski definition) is 2. The molecule has 0 aromatic carbocycles. The van der Waals surface area contributed by atoms with Crippen molar-refractivity contribution in [3.05, 3.63) is 0 Å². The molecule has 0 radical (unpaired) electrons. The Morgan fingerprint density at radius 1 is 1.50 bits per heavy atom. The third kappa shape index (κ3) is 15100. The first-order valence-electron chi connectivity index (χ1n) is 1.04. The molecule has 0 aliphatic rings. The van der Waals surface area contributed by atoms with Crippen LogP contribution in [0.15, 0.2) is 0 Å². The van der Waals surface area contributed by atoms with Gasteiger partial charge in [-0.25, -0.2) is 0 Å². The maximum absolute atomic E-state index is 6.28. The molecule has 0 saturated carbocycles. The van der Waals surface area contributed by atoms with Gasteiger partial charge in [-0.3, -0.25) is 5.41 Å². The van der Waals surface area contributed by atoms with E-state index in [0.29, 0.717) is 0 Å². The van der Waals surface area contributed by atoms with Gasteiger partial charge in [0.15, 0.2) is 0 Å². The smallest absolute Gasteiger partial charge is 0.0873 e. The molecule has 0 amide bonds. The molecule has 0 aromatic rings. The molecule has 2 nitrogen and oxygen atoms in total. The van der Waals surface area contributed by atoms with Gasteiger partial charge < -0.3 is 5.73 Å². The van der Waals surface area contributed by atoms with Crippen LogP contribution in [0.25, 0.3) is 0 Å². The fourth-order valence-electron chi connectivity index (χ4n) is 0. The van der Waals surface area contributed by atoms with Gasteiger partial charge in [-0.2, -0.15) is 0 Å². The number of hydrogen-bond acceptors (Lipinski definition) is 1. The normalized spacial score (nSPS) is 4.17. The van der Waals surface area contributed by atoms with Gasteiger partial charge in [0, 0.05) is 0 Å². The first kappa shape index (κ1) is 16.6. The lowest BCUT2D eigenvalue weighted by Gasteiger charge is -1.66. The van der Waals surface area contributed by atoms with E-state index in [9.17, 15) is 0 Å². The predicted octanol–water partition coefficient (Wildman–Crippen LogP) is 0.786. The summed E-state index contributed by atoms with van der Waals surface area (Å²) < 4.78 is 0. The summed E-state index contributed by atoms with van der Waals surface area (Å²) in [4.78, 5) is 0. The molecule has 6 heavy (non-hydrogen) atoms. The molecule has 0 rings (SSSR count). The Balaban J connectivity index is -0.0000000450. The van der Waals surface area contributed by atoms with Crippen molar-refractivity contribution in [1.29, 1.82) is 5.41 Å². The van der Waals surface area contributed by atoms with Gasteiger partial charge in [-0.1, -0.05) is 0 Å². The van der Waals surface area contributed by atoms with Gasteiger partial charge in [0.25, 0.3) is 0 Å². The van der Waals surface area contributed by atoms with Crippen LogP contribution < -0.4 is 5.73 Å². The second-order valence-electron chi connectivity index (χ2n) is 0.683. The molecule has 0 aliphatic heterocycles. The van der Waals surface area contributed by atoms with Crippen LogP contribution in [0.3, 0.4) is 0 Å². The lowest BCUT2D eigenvalue weighted by Crippen LogP contribution is -2.00. The van der Waals surface area contributed by atoms with Crippen molar-refractivity contribution in [2.45, 2.75) is 6.92 Å². The summed E-state index contributed by atoms with van der Waals surface area (Å²) in [6, 6.07) is 0. The lowest BCUT2D eigenvalue weighted by atomic mass is 10.8. The molecule has 0 bridgehead atoms. The van der Waals surface area contributed by atoms with E-state index in [0.717, 1.165) is 0 Å². The van der Waals surface area contributed by atoms with Crippen molar-refractivity contribution in [2.24, 2.45) is 5.73 Å². The van der Waals surface area contributed by atoms with Crippen molar-refractivity contribution >= 4 is 30.6 Å². The Morgan fingerprint density at radius 2 is 1.50 bits per heavy atom. The largest absolute Gasteiger partial charge is 0.388 e. The van der Waals surface area contributed by atoms with Gasteiger partial charge in [-0.05, 0) is 6.92 Å². The van der Waals surface area contributed by atoms with Crippen molar-refractivity contribution in [1.82, 2.24) is 0 Å². The van der Waals surface area contributed by atoms with E-state index in [1.54, 1.807) is 0 Å². The van der Waals surface area contributed by atoms with E-state index in [1.807, 2.05) is 0 Å². The van der Waals surface area contributed by atoms with Crippen LogP contribution in [-0.2, 0) is 0 Å². The maximum atomic E-state index is 6.28. The third-order valence-corrected chi connectivity index (χ3v) is 0. The van der Waals surface area contributed by atoms with E-state index >= 15 is 0 Å². The standard InChI is InChI=1S/C2H6N2.2ClH/c1-2(3)4;;/h1H3,(H3,3,4);2*1H. The van der Waals surface area contributed by atoms with Crippen molar-refractivity contribution in [3.8, 4) is 0 Å². The monoisotopic (exact) mass is 130 g/mol. The van der Waals surface area contributed by atoms with Crippen LogP contribution >= 0.6 is 24.8 Å². The van der Waals surface area contributed by atoms with Crippen molar-refractivity contribution in [3.63, 3.8) is 0 Å². The summed E-state index contributed by atoms with van der Waals surface area (Å²) in [6.45, 7) is 1.53. The Morgan fingerprint density at radius 3 is 1.50 bits per heavy atom. The summed E-state index contributed by atoms with van der Waals surface area (Å²) in [5.41, 5.74) is 4.69. The number of nitrogens with two attached hydrogens (primary N) is 1. The molecule has 0 fully saturated rings. The van der Waals surface area contributed by atoms with Crippen molar-refractivity contribution in [2.75, 3.05) is 0 Å². The van der Waals surface area contributed by atoms with E-state index in [1.165, 1.54) is 6.92 Å². The Labute approximate surface area is 49.4 Å². The Kier molecular flexibility index (Phi) is 24.6. The SMILES string of the molecule is CC(=N)N.Cl.Cl. The number of halogens is 2. The highest BCUT2D eigenvalue weighted by Gasteiger charge is 1.53. The fraction of sp³-hybridized carbons (Fsp3) is 0.500. The van der Waals surface area contributed by atoms with E-state index in [2.05, 4.69) is 0 Å². The average Bonchev–Trinajstić information content (AvgIpc) is 0.811. The quantitative estimate of drug-likeness (QED) is 0.370. The topological polar surface area (TPSA) is 49.9 Å². The highest BCUT2D eigenvalue weighted by Crippen LogP contribution is 1.36. The molecule has 0 unspecified atom stereocenters. The van der Waals surface area contributed by atoms with Gasteiger partial charge in [0.05, 0.1) is 5.84 Å². The number of rotatable bonds is 0. The van der Waals surface area contributed by atoms with E-state index < -0.39 is 0 Å². The summed E-state index contributed by atoms with van der Waals surface area (Å²) in [7, 11) is 0. The van der Waals surface area contributed by atoms with Crippen LogP contribution in [0.1, 0.15) is 6.92 Å². The zero-order chi connectivity index (χ0) is 3.58. The molecule has 0 aromatic heterocycles. The first-order chi connectivity index (χ1) is 1.73. The van der Waals surface area contributed by atoms with Crippen LogP contribution in [0.5, 0.6) is 0 Å². The second kappa shape index (κ2) is 8.90. The minimum absolute atomic E-state index is 0. The van der Waals surface area contributed by atoms with Crippen LogP contribution in [-0.4, -0.2) is 5.84 Å². The fourth-order valence-corrected chi connectivity index (χ4v) is 0. The average molecular weight is 131 g/mol. The zero-order valence-corrected chi connectivity index (χ0v) is 5.03. The molecular formula is C2H8Cl2N2. The first-order valence-corrected chi connectivity index (χ1v) is 1.04. The molecule has 0 atom stereocenters. The summed E-state index contributed by atoms with van der Waals surface area (Å²) in [5.74, 6) is 0.167. The molecule has 3 N–H and O–H groups in total.